The van der Waals surface area contributed by atoms with Crippen LogP contribution in [0.4, 0.5) is 11.4 Å². The number of benzene rings is 1. The molecule has 0 radical (unpaired) electrons. The molecule has 0 aliphatic carbocycles. The lowest BCUT2D eigenvalue weighted by molar-refractivity contribution is -0.116. The summed E-state index contributed by atoms with van der Waals surface area (Å²) in [5, 5.41) is 8.59. The Balaban J connectivity index is 1.78. The quantitative estimate of drug-likeness (QED) is 0.891. The van der Waals surface area contributed by atoms with Crippen molar-refractivity contribution < 1.29 is 4.79 Å². The fraction of sp³-hybridized carbons (Fsp3) is 0.312. The summed E-state index contributed by atoms with van der Waals surface area (Å²) >= 11 is 1.79. The monoisotopic (exact) mass is 286 g/mol. The third-order valence-electron chi connectivity index (χ3n) is 3.68. The number of thiophene rings is 1. The van der Waals surface area contributed by atoms with Crippen LogP contribution in [0.2, 0.25) is 0 Å². The molecule has 1 aromatic heterocycles. The van der Waals surface area contributed by atoms with Crippen molar-refractivity contribution in [1.82, 2.24) is 0 Å². The predicted molar refractivity (Wildman–Crippen MR) is 84.5 cm³/mol. The fourth-order valence-corrected chi connectivity index (χ4v) is 3.55. The molecule has 1 atom stereocenters. The van der Waals surface area contributed by atoms with Gasteiger partial charge in [-0.1, -0.05) is 0 Å². The molecule has 2 heterocycles. The van der Waals surface area contributed by atoms with E-state index in [-0.39, 0.29) is 5.91 Å². The van der Waals surface area contributed by atoms with E-state index in [1.807, 2.05) is 12.1 Å². The van der Waals surface area contributed by atoms with Crippen LogP contribution in [0.15, 0.2) is 29.6 Å². The number of aryl methyl sites for hydroxylation is 2. The second-order valence-corrected chi connectivity index (χ2v) is 6.20. The van der Waals surface area contributed by atoms with E-state index in [2.05, 4.69) is 42.0 Å². The molecule has 0 bridgehead atoms. The highest BCUT2D eigenvalue weighted by Crippen LogP contribution is 2.30. The predicted octanol–water partition coefficient (Wildman–Crippen LogP) is 4.11. The molecule has 4 heteroatoms. The second-order valence-electron chi connectivity index (χ2n) is 5.25. The van der Waals surface area contributed by atoms with Crippen molar-refractivity contribution in [3.8, 4) is 0 Å². The van der Waals surface area contributed by atoms with Gasteiger partial charge in [0.05, 0.1) is 6.04 Å². The number of nitrogens with one attached hydrogen (secondary N) is 2. The molecule has 0 spiro atoms. The maximum Gasteiger partial charge on any atom is 0.224 e. The van der Waals surface area contributed by atoms with Gasteiger partial charge in [-0.3, -0.25) is 4.79 Å². The summed E-state index contributed by atoms with van der Waals surface area (Å²) in [6, 6.07) is 8.62. The van der Waals surface area contributed by atoms with Gasteiger partial charge in [0.1, 0.15) is 0 Å². The lowest BCUT2D eigenvalue weighted by Gasteiger charge is -2.20. The van der Waals surface area contributed by atoms with Crippen LogP contribution in [0.1, 0.15) is 35.4 Å². The van der Waals surface area contributed by atoms with E-state index in [1.165, 1.54) is 16.0 Å². The van der Waals surface area contributed by atoms with Crippen molar-refractivity contribution in [3.05, 3.63) is 45.6 Å². The third kappa shape index (κ3) is 2.56. The topological polar surface area (TPSA) is 41.1 Å². The summed E-state index contributed by atoms with van der Waals surface area (Å²) in [7, 11) is 0. The van der Waals surface area contributed by atoms with Crippen LogP contribution in [0.3, 0.4) is 0 Å². The van der Waals surface area contributed by atoms with Gasteiger partial charge >= 0.3 is 0 Å². The Morgan fingerprint density at radius 2 is 2.15 bits per heavy atom. The van der Waals surface area contributed by atoms with Gasteiger partial charge in [-0.15, -0.1) is 11.3 Å². The Morgan fingerprint density at radius 3 is 2.90 bits per heavy atom. The highest BCUT2D eigenvalue weighted by Gasteiger charge is 2.16. The van der Waals surface area contributed by atoms with Crippen molar-refractivity contribution in [2.45, 2.75) is 32.7 Å². The Hall–Kier alpha value is -1.81. The van der Waals surface area contributed by atoms with Gasteiger partial charge in [0, 0.05) is 22.7 Å². The van der Waals surface area contributed by atoms with Crippen molar-refractivity contribution in [2.24, 2.45) is 0 Å². The largest absolute Gasteiger partial charge is 0.378 e. The standard InChI is InChI=1S/C16H18N2OS/c1-10-7-8-20-16(10)11(2)17-13-4-5-14-12(9-13)3-6-15(19)18-14/h4-5,7-9,11,17H,3,6H2,1-2H3,(H,18,19). The molecule has 20 heavy (non-hydrogen) atoms. The molecule has 0 saturated carbocycles. The molecule has 3 nitrogen and oxygen atoms in total. The molecule has 0 saturated heterocycles. The summed E-state index contributed by atoms with van der Waals surface area (Å²) < 4.78 is 0. The van der Waals surface area contributed by atoms with Crippen LogP contribution in [0.25, 0.3) is 0 Å². The number of carbonyl (C=O) groups is 1. The molecule has 2 aromatic rings. The average Bonchev–Trinajstić information content (AvgIpc) is 2.85. The van der Waals surface area contributed by atoms with Gasteiger partial charge in [0.25, 0.3) is 0 Å². The van der Waals surface area contributed by atoms with E-state index >= 15 is 0 Å². The number of rotatable bonds is 3. The molecule has 1 aliphatic heterocycles. The normalized spacial score (nSPS) is 15.4. The molecule has 1 aliphatic rings. The molecule has 3 rings (SSSR count). The zero-order valence-corrected chi connectivity index (χ0v) is 12.5. The minimum Gasteiger partial charge on any atom is -0.378 e. The van der Waals surface area contributed by atoms with Crippen molar-refractivity contribution in [3.63, 3.8) is 0 Å². The number of hydrogen-bond donors (Lipinski definition) is 2. The lowest BCUT2D eigenvalue weighted by atomic mass is 10.0. The number of hydrogen-bond acceptors (Lipinski definition) is 3. The van der Waals surface area contributed by atoms with Crippen LogP contribution in [0.5, 0.6) is 0 Å². The Bertz CT molecular complexity index is 648. The Labute approximate surface area is 123 Å². The first kappa shape index (κ1) is 13.2. The minimum absolute atomic E-state index is 0.112. The highest BCUT2D eigenvalue weighted by molar-refractivity contribution is 7.10. The third-order valence-corrected chi connectivity index (χ3v) is 4.88. The molecule has 1 aromatic carbocycles. The van der Waals surface area contributed by atoms with Crippen LogP contribution in [0, 0.1) is 6.92 Å². The van der Waals surface area contributed by atoms with Crippen LogP contribution in [-0.2, 0) is 11.2 Å². The van der Waals surface area contributed by atoms with Gasteiger partial charge in [0.15, 0.2) is 0 Å². The number of anilines is 2. The zero-order chi connectivity index (χ0) is 14.1. The summed E-state index contributed by atoms with van der Waals surface area (Å²) in [6.07, 6.45) is 1.40. The number of carbonyl (C=O) groups excluding carboxylic acids is 1. The van der Waals surface area contributed by atoms with E-state index in [0.29, 0.717) is 12.5 Å². The summed E-state index contributed by atoms with van der Waals surface area (Å²) in [5.74, 6) is 0.112. The first-order chi connectivity index (χ1) is 9.63. The molecular weight excluding hydrogens is 268 g/mol. The van der Waals surface area contributed by atoms with E-state index < -0.39 is 0 Å². The number of fused-ring (bicyclic) bond motifs is 1. The van der Waals surface area contributed by atoms with Crippen molar-refractivity contribution in [2.75, 3.05) is 10.6 Å². The molecule has 1 unspecified atom stereocenters. The van der Waals surface area contributed by atoms with Crippen LogP contribution < -0.4 is 10.6 Å². The molecule has 2 N–H and O–H groups in total. The summed E-state index contributed by atoms with van der Waals surface area (Å²) in [4.78, 5) is 12.7. The van der Waals surface area contributed by atoms with Gasteiger partial charge in [0.2, 0.25) is 5.91 Å². The van der Waals surface area contributed by atoms with Crippen molar-refractivity contribution in [1.29, 1.82) is 0 Å². The fourth-order valence-electron chi connectivity index (χ4n) is 2.62. The van der Waals surface area contributed by atoms with E-state index in [1.54, 1.807) is 11.3 Å². The first-order valence-corrected chi connectivity index (χ1v) is 7.75. The average molecular weight is 286 g/mol. The summed E-state index contributed by atoms with van der Waals surface area (Å²) in [5.41, 5.74) is 4.61. The SMILES string of the molecule is Cc1ccsc1C(C)Nc1ccc2c(c1)CCC(=O)N2. The second kappa shape index (κ2) is 5.29. The van der Waals surface area contributed by atoms with Gasteiger partial charge in [-0.2, -0.15) is 0 Å². The molecular formula is C16H18N2OS. The van der Waals surface area contributed by atoms with Crippen molar-refractivity contribution >= 4 is 28.6 Å². The Kier molecular flexibility index (Phi) is 3.49. The van der Waals surface area contributed by atoms with Crippen LogP contribution >= 0.6 is 11.3 Å². The number of amides is 1. The Morgan fingerprint density at radius 1 is 1.30 bits per heavy atom. The van der Waals surface area contributed by atoms with E-state index in [0.717, 1.165) is 17.8 Å². The smallest absolute Gasteiger partial charge is 0.224 e. The maximum atomic E-state index is 11.4. The molecule has 104 valence electrons. The van der Waals surface area contributed by atoms with Crippen LogP contribution in [-0.4, -0.2) is 5.91 Å². The highest BCUT2D eigenvalue weighted by atomic mass is 32.1. The van der Waals surface area contributed by atoms with E-state index in [4.69, 9.17) is 0 Å². The zero-order valence-electron chi connectivity index (χ0n) is 11.7. The van der Waals surface area contributed by atoms with Gasteiger partial charge in [-0.05, 0) is 61.0 Å². The summed E-state index contributed by atoms with van der Waals surface area (Å²) in [6.45, 7) is 4.33. The molecule has 0 fully saturated rings. The lowest BCUT2D eigenvalue weighted by Crippen LogP contribution is -2.19. The van der Waals surface area contributed by atoms with E-state index in [9.17, 15) is 4.79 Å². The first-order valence-electron chi connectivity index (χ1n) is 6.87. The van der Waals surface area contributed by atoms with Gasteiger partial charge < -0.3 is 10.6 Å². The molecule has 1 amide bonds. The minimum atomic E-state index is 0.112. The van der Waals surface area contributed by atoms with Gasteiger partial charge in [-0.25, -0.2) is 0 Å². The maximum absolute atomic E-state index is 11.4.